The van der Waals surface area contributed by atoms with Crippen LogP contribution in [0, 0.1) is 0 Å². The van der Waals surface area contributed by atoms with E-state index in [1.807, 2.05) is 42.5 Å². The smallest absolute Gasteiger partial charge is 0.224 e. The molecule has 0 unspecified atom stereocenters. The molecule has 0 spiro atoms. The molecule has 116 valence electrons. The van der Waals surface area contributed by atoms with Crippen molar-refractivity contribution in [1.29, 1.82) is 0 Å². The van der Waals surface area contributed by atoms with Crippen LogP contribution in [0.4, 0.5) is 5.69 Å². The topological polar surface area (TPSA) is 78.0 Å². The van der Waals surface area contributed by atoms with E-state index in [9.17, 15) is 9.90 Å². The van der Waals surface area contributed by atoms with Crippen LogP contribution in [0.25, 0.3) is 22.3 Å². The van der Waals surface area contributed by atoms with Crippen molar-refractivity contribution < 1.29 is 9.90 Å². The van der Waals surface area contributed by atoms with Crippen molar-refractivity contribution in [2.24, 2.45) is 0 Å². The number of phenolic OH excluding ortho intramolecular Hbond substituents is 1. The van der Waals surface area contributed by atoms with E-state index < -0.39 is 0 Å². The summed E-state index contributed by atoms with van der Waals surface area (Å²) in [6, 6.07) is 13.4. The van der Waals surface area contributed by atoms with Gasteiger partial charge >= 0.3 is 0 Å². The molecular formula is C18H17N3O2. The first kappa shape index (κ1) is 14.8. The Morgan fingerprint density at radius 3 is 2.52 bits per heavy atom. The highest BCUT2D eigenvalue weighted by Gasteiger charge is 2.17. The van der Waals surface area contributed by atoms with Crippen molar-refractivity contribution in [3.63, 3.8) is 0 Å². The molecule has 3 rings (SSSR count). The Hall–Kier alpha value is -3.08. The first-order valence-corrected chi connectivity index (χ1v) is 7.41. The number of aromatic nitrogens is 2. The molecule has 0 saturated carbocycles. The van der Waals surface area contributed by atoms with E-state index in [0.717, 1.165) is 16.7 Å². The molecule has 1 amide bonds. The summed E-state index contributed by atoms with van der Waals surface area (Å²) < 4.78 is 0. The molecule has 0 saturated heterocycles. The van der Waals surface area contributed by atoms with Gasteiger partial charge in [0, 0.05) is 29.3 Å². The van der Waals surface area contributed by atoms with Crippen molar-refractivity contribution >= 4 is 11.6 Å². The number of carbonyl (C=O) groups excluding carboxylic acids is 1. The van der Waals surface area contributed by atoms with Crippen LogP contribution in [0.1, 0.15) is 13.3 Å². The minimum absolute atomic E-state index is 0.0366. The van der Waals surface area contributed by atoms with Gasteiger partial charge in [-0.2, -0.15) is 5.10 Å². The van der Waals surface area contributed by atoms with Gasteiger partial charge in [0.05, 0.1) is 11.9 Å². The third-order valence-electron chi connectivity index (χ3n) is 3.66. The van der Waals surface area contributed by atoms with Gasteiger partial charge in [0.2, 0.25) is 5.91 Å². The average Bonchev–Trinajstić information content (AvgIpc) is 3.11. The van der Waals surface area contributed by atoms with Gasteiger partial charge in [-0.1, -0.05) is 43.3 Å². The molecule has 1 heterocycles. The van der Waals surface area contributed by atoms with Crippen LogP contribution >= 0.6 is 0 Å². The lowest BCUT2D eigenvalue weighted by molar-refractivity contribution is -0.115. The van der Waals surface area contributed by atoms with Gasteiger partial charge in [-0.3, -0.25) is 9.89 Å². The average molecular weight is 307 g/mol. The lowest BCUT2D eigenvalue weighted by atomic mass is 9.98. The van der Waals surface area contributed by atoms with Crippen LogP contribution in [0.3, 0.4) is 0 Å². The summed E-state index contributed by atoms with van der Waals surface area (Å²) in [4.78, 5) is 11.9. The number of H-pyrrole nitrogens is 1. The Balaban J connectivity index is 2.16. The maximum absolute atomic E-state index is 11.9. The number of benzene rings is 2. The number of amides is 1. The fraction of sp³-hybridized carbons (Fsp3) is 0.111. The number of hydrogen-bond donors (Lipinski definition) is 3. The lowest BCUT2D eigenvalue weighted by Gasteiger charge is -2.15. The van der Waals surface area contributed by atoms with E-state index >= 15 is 0 Å². The number of hydrogen-bond acceptors (Lipinski definition) is 3. The van der Waals surface area contributed by atoms with Crippen LogP contribution in [0.5, 0.6) is 5.75 Å². The third-order valence-corrected chi connectivity index (χ3v) is 3.66. The second-order valence-corrected chi connectivity index (χ2v) is 5.14. The van der Waals surface area contributed by atoms with E-state index in [1.165, 1.54) is 0 Å². The number of carbonyl (C=O) groups is 1. The summed E-state index contributed by atoms with van der Waals surface area (Å²) in [6.07, 6.45) is 3.66. The molecule has 0 bridgehead atoms. The second kappa shape index (κ2) is 6.36. The molecule has 0 radical (unpaired) electrons. The van der Waals surface area contributed by atoms with E-state index in [2.05, 4.69) is 15.5 Å². The number of anilines is 1. The largest absolute Gasteiger partial charge is 0.505 e. The fourth-order valence-electron chi connectivity index (χ4n) is 2.43. The molecule has 0 aliphatic heterocycles. The summed E-state index contributed by atoms with van der Waals surface area (Å²) in [5.74, 6) is -0.114. The van der Waals surface area contributed by atoms with Crippen LogP contribution < -0.4 is 5.32 Å². The molecule has 1 aromatic heterocycles. The summed E-state index contributed by atoms with van der Waals surface area (Å²) >= 11 is 0. The van der Waals surface area contributed by atoms with E-state index in [1.54, 1.807) is 19.3 Å². The van der Waals surface area contributed by atoms with Crippen molar-refractivity contribution in [3.8, 4) is 28.0 Å². The second-order valence-electron chi connectivity index (χ2n) is 5.14. The number of rotatable bonds is 4. The summed E-state index contributed by atoms with van der Waals surface area (Å²) in [5.41, 5.74) is 3.49. The van der Waals surface area contributed by atoms with Gasteiger partial charge in [0.15, 0.2) is 0 Å². The minimum atomic E-state index is -0.151. The van der Waals surface area contributed by atoms with Crippen LogP contribution in [-0.2, 0) is 4.79 Å². The standard InChI is InChI=1S/C18H17N3O2/c1-2-16(22)21-17-14(12-6-4-3-5-7-12)8-9-15(18(17)23)13-10-19-20-11-13/h3-11,23H,2H2,1H3,(H,19,20)(H,21,22). The van der Waals surface area contributed by atoms with Gasteiger partial charge in [-0.25, -0.2) is 0 Å². The normalized spacial score (nSPS) is 10.5. The van der Waals surface area contributed by atoms with Crippen LogP contribution in [0.15, 0.2) is 54.9 Å². The maximum Gasteiger partial charge on any atom is 0.224 e. The molecule has 3 aromatic rings. The molecule has 5 heteroatoms. The highest BCUT2D eigenvalue weighted by molar-refractivity contribution is 6.00. The Morgan fingerprint density at radius 1 is 1.13 bits per heavy atom. The summed E-state index contributed by atoms with van der Waals surface area (Å²) in [6.45, 7) is 1.77. The molecular weight excluding hydrogens is 290 g/mol. The third kappa shape index (κ3) is 2.94. The first-order chi connectivity index (χ1) is 11.2. The van der Waals surface area contributed by atoms with Gasteiger partial charge in [-0.15, -0.1) is 0 Å². The minimum Gasteiger partial charge on any atom is -0.505 e. The molecule has 0 atom stereocenters. The number of nitrogens with zero attached hydrogens (tertiary/aromatic N) is 1. The van der Waals surface area contributed by atoms with Crippen molar-refractivity contribution in [3.05, 3.63) is 54.9 Å². The monoisotopic (exact) mass is 307 g/mol. The predicted octanol–water partition coefficient (Wildman–Crippen LogP) is 3.80. The Morgan fingerprint density at radius 2 is 1.87 bits per heavy atom. The van der Waals surface area contributed by atoms with Crippen molar-refractivity contribution in [1.82, 2.24) is 10.2 Å². The Labute approximate surface area is 134 Å². The fourth-order valence-corrected chi connectivity index (χ4v) is 2.43. The lowest BCUT2D eigenvalue weighted by Crippen LogP contribution is -2.10. The van der Waals surface area contributed by atoms with Crippen molar-refractivity contribution in [2.75, 3.05) is 5.32 Å². The molecule has 2 aromatic carbocycles. The predicted molar refractivity (Wildman–Crippen MR) is 90.0 cm³/mol. The number of nitrogens with one attached hydrogen (secondary N) is 2. The van der Waals surface area contributed by atoms with E-state index in [0.29, 0.717) is 17.7 Å². The van der Waals surface area contributed by atoms with Gasteiger partial charge in [0.25, 0.3) is 0 Å². The molecule has 3 N–H and O–H groups in total. The highest BCUT2D eigenvalue weighted by atomic mass is 16.3. The molecule has 0 aliphatic rings. The van der Waals surface area contributed by atoms with E-state index in [-0.39, 0.29) is 11.7 Å². The van der Waals surface area contributed by atoms with Gasteiger partial charge in [0.1, 0.15) is 5.75 Å². The highest BCUT2D eigenvalue weighted by Crippen LogP contribution is 2.42. The maximum atomic E-state index is 11.9. The Bertz CT molecular complexity index is 812. The number of aromatic amines is 1. The molecule has 0 fully saturated rings. The van der Waals surface area contributed by atoms with Crippen molar-refractivity contribution in [2.45, 2.75) is 13.3 Å². The van der Waals surface area contributed by atoms with E-state index in [4.69, 9.17) is 0 Å². The van der Waals surface area contributed by atoms with Crippen LogP contribution in [-0.4, -0.2) is 21.2 Å². The molecule has 0 aliphatic carbocycles. The first-order valence-electron chi connectivity index (χ1n) is 7.41. The number of phenols is 1. The molecule has 5 nitrogen and oxygen atoms in total. The Kier molecular flexibility index (Phi) is 4.10. The zero-order valence-corrected chi connectivity index (χ0v) is 12.7. The summed E-state index contributed by atoms with van der Waals surface area (Å²) in [7, 11) is 0. The molecule has 23 heavy (non-hydrogen) atoms. The quantitative estimate of drug-likeness (QED) is 0.642. The van der Waals surface area contributed by atoms with Gasteiger partial charge in [-0.05, 0) is 11.6 Å². The zero-order valence-electron chi connectivity index (χ0n) is 12.7. The SMILES string of the molecule is CCC(=O)Nc1c(-c2ccccc2)ccc(-c2cn[nH]c2)c1O. The number of aromatic hydroxyl groups is 1. The zero-order chi connectivity index (χ0) is 16.2. The van der Waals surface area contributed by atoms with Crippen LogP contribution in [0.2, 0.25) is 0 Å². The summed E-state index contributed by atoms with van der Waals surface area (Å²) in [5, 5.41) is 20.1. The van der Waals surface area contributed by atoms with Gasteiger partial charge < -0.3 is 10.4 Å².